The molecule has 1 N–H and O–H groups in total. The minimum atomic E-state index is 0.237. The zero-order valence-electron chi connectivity index (χ0n) is 12.2. The highest BCUT2D eigenvalue weighted by molar-refractivity contribution is 5.73. The number of nitrogens with zero attached hydrogens (tertiary/aromatic N) is 3. The van der Waals surface area contributed by atoms with E-state index in [1.54, 1.807) is 6.20 Å². The van der Waals surface area contributed by atoms with Gasteiger partial charge in [0, 0.05) is 18.7 Å². The van der Waals surface area contributed by atoms with Crippen LogP contribution in [0.4, 0.5) is 5.69 Å². The molecule has 3 rings (SSSR count). The Hall–Kier alpha value is -1.98. The molecule has 1 unspecified atom stereocenters. The van der Waals surface area contributed by atoms with Crippen LogP contribution in [0.15, 0.2) is 42.6 Å². The Kier molecular flexibility index (Phi) is 4.43. The first-order valence-corrected chi connectivity index (χ1v) is 7.30. The maximum atomic E-state index is 5.40. The van der Waals surface area contributed by atoms with Crippen molar-refractivity contribution in [2.24, 2.45) is 0 Å². The van der Waals surface area contributed by atoms with Gasteiger partial charge < -0.3 is 10.1 Å². The van der Waals surface area contributed by atoms with E-state index in [2.05, 4.69) is 39.5 Å². The van der Waals surface area contributed by atoms with Gasteiger partial charge in [0.05, 0.1) is 31.3 Å². The van der Waals surface area contributed by atoms with Crippen molar-refractivity contribution >= 4 is 5.69 Å². The van der Waals surface area contributed by atoms with Crippen LogP contribution in [-0.4, -0.2) is 47.6 Å². The molecule has 1 aromatic heterocycles. The molecule has 1 fully saturated rings. The van der Waals surface area contributed by atoms with Crippen molar-refractivity contribution in [2.75, 3.05) is 31.6 Å². The van der Waals surface area contributed by atoms with E-state index in [0.29, 0.717) is 0 Å². The lowest BCUT2D eigenvalue weighted by Gasteiger charge is -2.33. The molecule has 21 heavy (non-hydrogen) atoms. The molecule has 0 radical (unpaired) electrons. The van der Waals surface area contributed by atoms with Crippen LogP contribution in [0.25, 0.3) is 11.3 Å². The van der Waals surface area contributed by atoms with E-state index < -0.39 is 0 Å². The molecule has 1 atom stereocenters. The van der Waals surface area contributed by atoms with Crippen LogP contribution in [-0.2, 0) is 4.74 Å². The van der Waals surface area contributed by atoms with E-state index >= 15 is 0 Å². The molecule has 0 saturated carbocycles. The summed E-state index contributed by atoms with van der Waals surface area (Å²) < 4.78 is 5.40. The van der Waals surface area contributed by atoms with Gasteiger partial charge in [0.2, 0.25) is 0 Å². The van der Waals surface area contributed by atoms with Crippen molar-refractivity contribution in [1.82, 2.24) is 15.1 Å². The summed E-state index contributed by atoms with van der Waals surface area (Å²) in [4.78, 5) is 2.37. The van der Waals surface area contributed by atoms with Gasteiger partial charge in [0.15, 0.2) is 0 Å². The second kappa shape index (κ2) is 6.65. The highest BCUT2D eigenvalue weighted by Crippen LogP contribution is 2.25. The lowest BCUT2D eigenvalue weighted by molar-refractivity contribution is 0.0254. The van der Waals surface area contributed by atoms with Crippen molar-refractivity contribution in [2.45, 2.75) is 13.1 Å². The molecular formula is C16H20N4O. The third kappa shape index (κ3) is 3.37. The SMILES string of the molecule is CC(Nc1ccnnc1-c1ccccc1)N1CCOCC1. The fraction of sp³-hybridized carbons (Fsp3) is 0.375. The van der Waals surface area contributed by atoms with Gasteiger partial charge in [-0.05, 0) is 13.0 Å². The number of nitrogens with one attached hydrogen (secondary N) is 1. The van der Waals surface area contributed by atoms with Crippen LogP contribution < -0.4 is 5.32 Å². The van der Waals surface area contributed by atoms with E-state index in [9.17, 15) is 0 Å². The van der Waals surface area contributed by atoms with Gasteiger partial charge in [-0.15, -0.1) is 5.10 Å². The first-order valence-electron chi connectivity index (χ1n) is 7.30. The molecule has 1 aromatic carbocycles. The lowest BCUT2D eigenvalue weighted by Crippen LogP contribution is -2.45. The highest BCUT2D eigenvalue weighted by Gasteiger charge is 2.18. The summed E-state index contributed by atoms with van der Waals surface area (Å²) in [5.41, 5.74) is 2.97. The van der Waals surface area contributed by atoms with Crippen LogP contribution >= 0.6 is 0 Å². The smallest absolute Gasteiger partial charge is 0.116 e. The topological polar surface area (TPSA) is 50.3 Å². The Labute approximate surface area is 125 Å². The van der Waals surface area contributed by atoms with Crippen LogP contribution in [0.5, 0.6) is 0 Å². The number of aromatic nitrogens is 2. The van der Waals surface area contributed by atoms with E-state index in [4.69, 9.17) is 4.74 Å². The standard InChI is InChI=1S/C16H20N4O/c1-13(20-9-11-21-12-10-20)18-15-7-8-17-19-16(15)14-5-3-2-4-6-14/h2-8,13H,9-12H2,1H3,(H,17,18). The molecule has 1 aliphatic heterocycles. The Morgan fingerprint density at radius 2 is 1.90 bits per heavy atom. The molecule has 5 nitrogen and oxygen atoms in total. The average Bonchev–Trinajstić information content (AvgIpc) is 2.57. The van der Waals surface area contributed by atoms with Gasteiger partial charge in [0.25, 0.3) is 0 Å². The van der Waals surface area contributed by atoms with E-state index in [0.717, 1.165) is 43.2 Å². The molecule has 0 aliphatic carbocycles. The van der Waals surface area contributed by atoms with Crippen LogP contribution in [0.1, 0.15) is 6.92 Å². The number of ether oxygens (including phenoxy) is 1. The number of hydrogen-bond donors (Lipinski definition) is 1. The summed E-state index contributed by atoms with van der Waals surface area (Å²) in [5.74, 6) is 0. The molecule has 1 saturated heterocycles. The van der Waals surface area contributed by atoms with Gasteiger partial charge in [0.1, 0.15) is 5.69 Å². The Bertz CT molecular complexity index is 569. The Balaban J connectivity index is 1.79. The normalized spacial score (nSPS) is 17.4. The molecule has 110 valence electrons. The summed E-state index contributed by atoms with van der Waals surface area (Å²) >= 11 is 0. The summed E-state index contributed by atoms with van der Waals surface area (Å²) in [7, 11) is 0. The van der Waals surface area contributed by atoms with Crippen LogP contribution in [0.3, 0.4) is 0 Å². The fourth-order valence-corrected chi connectivity index (χ4v) is 2.54. The first kappa shape index (κ1) is 14.0. The Morgan fingerprint density at radius 3 is 2.67 bits per heavy atom. The largest absolute Gasteiger partial charge is 0.379 e. The highest BCUT2D eigenvalue weighted by atomic mass is 16.5. The van der Waals surface area contributed by atoms with Gasteiger partial charge >= 0.3 is 0 Å². The molecular weight excluding hydrogens is 264 g/mol. The second-order valence-corrected chi connectivity index (χ2v) is 5.13. The van der Waals surface area contributed by atoms with Crippen molar-refractivity contribution < 1.29 is 4.74 Å². The Morgan fingerprint density at radius 1 is 1.14 bits per heavy atom. The molecule has 2 aromatic rings. The monoisotopic (exact) mass is 284 g/mol. The predicted octanol–water partition coefficient (Wildman–Crippen LogP) is 2.23. The zero-order chi connectivity index (χ0) is 14.5. The number of anilines is 1. The first-order chi connectivity index (χ1) is 10.3. The predicted molar refractivity (Wildman–Crippen MR) is 82.9 cm³/mol. The zero-order valence-corrected chi connectivity index (χ0v) is 12.2. The maximum absolute atomic E-state index is 5.40. The summed E-state index contributed by atoms with van der Waals surface area (Å²) in [6, 6.07) is 12.1. The van der Waals surface area contributed by atoms with E-state index in [1.165, 1.54) is 0 Å². The molecule has 2 heterocycles. The third-order valence-electron chi connectivity index (χ3n) is 3.73. The van der Waals surface area contributed by atoms with Crippen LogP contribution in [0, 0.1) is 0 Å². The van der Waals surface area contributed by atoms with Crippen molar-refractivity contribution in [3.8, 4) is 11.3 Å². The summed E-state index contributed by atoms with van der Waals surface area (Å²) in [6.07, 6.45) is 1.96. The van der Waals surface area contributed by atoms with Crippen molar-refractivity contribution in [1.29, 1.82) is 0 Å². The number of benzene rings is 1. The quantitative estimate of drug-likeness (QED) is 0.933. The maximum Gasteiger partial charge on any atom is 0.116 e. The van der Waals surface area contributed by atoms with E-state index in [1.807, 2.05) is 24.3 Å². The molecule has 0 spiro atoms. The third-order valence-corrected chi connectivity index (χ3v) is 3.73. The average molecular weight is 284 g/mol. The minimum absolute atomic E-state index is 0.237. The second-order valence-electron chi connectivity index (χ2n) is 5.13. The van der Waals surface area contributed by atoms with Gasteiger partial charge in [-0.3, -0.25) is 4.90 Å². The fourth-order valence-electron chi connectivity index (χ4n) is 2.54. The number of rotatable bonds is 4. The van der Waals surface area contributed by atoms with Crippen LogP contribution in [0.2, 0.25) is 0 Å². The molecule has 0 bridgehead atoms. The minimum Gasteiger partial charge on any atom is -0.379 e. The molecule has 0 amide bonds. The van der Waals surface area contributed by atoms with Gasteiger partial charge in [-0.25, -0.2) is 0 Å². The summed E-state index contributed by atoms with van der Waals surface area (Å²) in [6.45, 7) is 5.67. The molecule has 5 heteroatoms. The number of morpholine rings is 1. The summed E-state index contributed by atoms with van der Waals surface area (Å²) in [5, 5.41) is 11.9. The number of hydrogen-bond acceptors (Lipinski definition) is 5. The van der Waals surface area contributed by atoms with E-state index in [-0.39, 0.29) is 6.17 Å². The van der Waals surface area contributed by atoms with Gasteiger partial charge in [-0.2, -0.15) is 5.10 Å². The van der Waals surface area contributed by atoms with Crippen molar-refractivity contribution in [3.63, 3.8) is 0 Å². The van der Waals surface area contributed by atoms with Gasteiger partial charge in [-0.1, -0.05) is 30.3 Å². The lowest BCUT2D eigenvalue weighted by atomic mass is 10.1. The van der Waals surface area contributed by atoms with Crippen molar-refractivity contribution in [3.05, 3.63) is 42.6 Å². The molecule has 1 aliphatic rings.